The number of nitrogens with two attached hydrogens (primary N) is 1. The van der Waals surface area contributed by atoms with E-state index in [2.05, 4.69) is 9.97 Å². The van der Waals surface area contributed by atoms with Crippen molar-refractivity contribution >= 4 is 0 Å². The molecule has 0 spiro atoms. The van der Waals surface area contributed by atoms with Gasteiger partial charge in [-0.3, -0.25) is 0 Å². The van der Waals surface area contributed by atoms with E-state index in [1.54, 1.807) is 19.1 Å². The molecule has 0 radical (unpaired) electrons. The first-order chi connectivity index (χ1) is 11.5. The summed E-state index contributed by atoms with van der Waals surface area (Å²) < 4.78 is 74.4. The molecule has 1 atom stereocenters. The van der Waals surface area contributed by atoms with Crippen molar-refractivity contribution in [1.82, 2.24) is 9.97 Å². The molecule has 1 aromatic carbocycles. The van der Waals surface area contributed by atoms with Crippen LogP contribution >= 0.6 is 0 Å². The Hall–Kier alpha value is -2.16. The van der Waals surface area contributed by atoms with E-state index in [4.69, 9.17) is 5.73 Å². The van der Waals surface area contributed by atoms with Gasteiger partial charge in [-0.25, -0.2) is 9.97 Å². The lowest BCUT2D eigenvalue weighted by Gasteiger charge is -2.16. The zero-order valence-electron chi connectivity index (χ0n) is 13.1. The molecule has 3 nitrogen and oxygen atoms in total. The van der Waals surface area contributed by atoms with Crippen LogP contribution in [-0.2, 0) is 6.18 Å². The van der Waals surface area contributed by atoms with Crippen LogP contribution in [0.25, 0.3) is 11.4 Å². The van der Waals surface area contributed by atoms with Crippen LogP contribution in [0.1, 0.15) is 35.6 Å². The summed E-state index contributed by atoms with van der Waals surface area (Å²) in [6, 6.07) is 3.88. The van der Waals surface area contributed by atoms with Crippen LogP contribution in [-0.4, -0.2) is 16.1 Å². The van der Waals surface area contributed by atoms with E-state index >= 15 is 0 Å². The first-order valence-electron chi connectivity index (χ1n) is 7.30. The van der Waals surface area contributed by atoms with Crippen LogP contribution < -0.4 is 5.73 Å². The molecule has 0 aliphatic carbocycles. The monoisotopic (exact) mass is 363 g/mol. The zero-order chi connectivity index (χ0) is 18.8. The molecule has 1 unspecified atom stereocenters. The highest BCUT2D eigenvalue weighted by molar-refractivity contribution is 5.57. The summed E-state index contributed by atoms with van der Waals surface area (Å²) in [6.45, 7) is 1.66. The van der Waals surface area contributed by atoms with E-state index in [1.165, 1.54) is 6.07 Å². The number of hydrogen-bond acceptors (Lipinski definition) is 3. The van der Waals surface area contributed by atoms with Crippen LogP contribution in [0.5, 0.6) is 0 Å². The minimum atomic E-state index is -4.52. The fourth-order valence-electron chi connectivity index (χ4n) is 2.33. The summed E-state index contributed by atoms with van der Waals surface area (Å²) in [6.07, 6.45) is -8.68. The predicted octanol–water partition coefficient (Wildman–Crippen LogP) is 4.81. The largest absolute Gasteiger partial charge is 0.419 e. The topological polar surface area (TPSA) is 51.8 Å². The van der Waals surface area contributed by atoms with E-state index in [0.29, 0.717) is 29.1 Å². The Morgan fingerprint density at radius 1 is 1.04 bits per heavy atom. The molecule has 0 aliphatic heterocycles. The molecular formula is C16H15F6N3. The zero-order valence-corrected chi connectivity index (χ0v) is 13.1. The number of halogens is 6. The Bertz CT molecular complexity index is 722. The highest BCUT2D eigenvalue weighted by Crippen LogP contribution is 2.31. The van der Waals surface area contributed by atoms with Gasteiger partial charge in [-0.2, -0.15) is 26.3 Å². The third-order valence-corrected chi connectivity index (χ3v) is 3.65. The smallest absolute Gasteiger partial charge is 0.324 e. The number of aromatic nitrogens is 2. The van der Waals surface area contributed by atoms with Crippen molar-refractivity contribution in [2.75, 3.05) is 0 Å². The number of aryl methyl sites for hydroxylation is 1. The molecule has 0 amide bonds. The number of hydrogen-bond donors (Lipinski definition) is 1. The third kappa shape index (κ3) is 5.15. The van der Waals surface area contributed by atoms with Crippen LogP contribution in [0.2, 0.25) is 0 Å². The highest BCUT2D eigenvalue weighted by Gasteiger charge is 2.31. The van der Waals surface area contributed by atoms with E-state index in [9.17, 15) is 26.3 Å². The maximum Gasteiger partial charge on any atom is 0.419 e. The lowest BCUT2D eigenvalue weighted by Crippen LogP contribution is -2.16. The Balaban J connectivity index is 2.19. The molecule has 25 heavy (non-hydrogen) atoms. The van der Waals surface area contributed by atoms with E-state index in [-0.39, 0.29) is 12.2 Å². The molecule has 1 aromatic heterocycles. The van der Waals surface area contributed by atoms with Gasteiger partial charge < -0.3 is 5.73 Å². The van der Waals surface area contributed by atoms with Crippen LogP contribution in [0.4, 0.5) is 26.3 Å². The van der Waals surface area contributed by atoms with Gasteiger partial charge in [-0.05, 0) is 30.5 Å². The first-order valence-corrected chi connectivity index (χ1v) is 7.30. The number of rotatable bonds is 4. The van der Waals surface area contributed by atoms with E-state index < -0.39 is 30.4 Å². The molecule has 2 rings (SSSR count). The van der Waals surface area contributed by atoms with Gasteiger partial charge in [-0.1, -0.05) is 12.1 Å². The minimum absolute atomic E-state index is 0.0894. The molecule has 2 N–H and O–H groups in total. The summed E-state index contributed by atoms with van der Waals surface area (Å²) in [4.78, 5) is 7.38. The maximum absolute atomic E-state index is 12.5. The van der Waals surface area contributed by atoms with Crippen molar-refractivity contribution in [3.8, 4) is 11.4 Å². The molecule has 0 saturated heterocycles. The van der Waals surface area contributed by atoms with Gasteiger partial charge in [0.2, 0.25) is 0 Å². The Labute approximate surface area is 139 Å². The summed E-state index contributed by atoms with van der Waals surface area (Å²) in [5.74, 6) is 0.0894. The van der Waals surface area contributed by atoms with Gasteiger partial charge in [0, 0.05) is 30.4 Å². The van der Waals surface area contributed by atoms with Gasteiger partial charge in [-0.15, -0.1) is 0 Å². The average Bonchev–Trinajstić information content (AvgIpc) is 2.51. The lowest BCUT2D eigenvalue weighted by atomic mass is 9.96. The Morgan fingerprint density at radius 2 is 1.64 bits per heavy atom. The normalized spacial score (nSPS) is 13.8. The van der Waals surface area contributed by atoms with E-state index in [1.807, 2.05) is 0 Å². The fraction of sp³-hybridized carbons (Fsp3) is 0.375. The van der Waals surface area contributed by atoms with Gasteiger partial charge in [0.05, 0.1) is 5.56 Å². The van der Waals surface area contributed by atoms with Crippen molar-refractivity contribution in [2.45, 2.75) is 38.2 Å². The second kappa shape index (κ2) is 6.99. The molecule has 0 bridgehead atoms. The minimum Gasteiger partial charge on any atom is -0.324 e. The molecule has 2 aromatic rings. The molecule has 136 valence electrons. The Kier molecular flexibility index (Phi) is 5.36. The standard InChI is InChI=1S/C16H15F6N3/c1-9-6-10(14-24-7-11(8-25-14)16(20,21)22)2-3-12(9)13(23)4-5-15(17,18)19/h2-3,6-8,13H,4-5,23H2,1H3. The van der Waals surface area contributed by atoms with Crippen molar-refractivity contribution < 1.29 is 26.3 Å². The average molecular weight is 363 g/mol. The summed E-state index contributed by atoms with van der Waals surface area (Å²) in [5, 5.41) is 0. The lowest BCUT2D eigenvalue weighted by molar-refractivity contribution is -0.138. The van der Waals surface area contributed by atoms with Crippen molar-refractivity contribution in [2.24, 2.45) is 5.73 Å². The molecule has 1 heterocycles. The molecule has 0 saturated carbocycles. The summed E-state index contributed by atoms with van der Waals surface area (Å²) >= 11 is 0. The SMILES string of the molecule is Cc1cc(-c2ncc(C(F)(F)F)cn2)ccc1C(N)CCC(F)(F)F. The number of benzene rings is 1. The second-order valence-electron chi connectivity index (χ2n) is 5.62. The fourth-order valence-corrected chi connectivity index (χ4v) is 2.33. The number of nitrogens with zero attached hydrogens (tertiary/aromatic N) is 2. The quantitative estimate of drug-likeness (QED) is 0.793. The van der Waals surface area contributed by atoms with Crippen LogP contribution in [0.15, 0.2) is 30.6 Å². The summed E-state index contributed by atoms with van der Waals surface area (Å²) in [7, 11) is 0. The van der Waals surface area contributed by atoms with Gasteiger partial charge in [0.15, 0.2) is 5.82 Å². The third-order valence-electron chi connectivity index (χ3n) is 3.65. The number of alkyl halides is 6. The molecule has 0 fully saturated rings. The molecular weight excluding hydrogens is 348 g/mol. The molecule has 0 aliphatic rings. The first kappa shape index (κ1) is 19.2. The highest BCUT2D eigenvalue weighted by atomic mass is 19.4. The van der Waals surface area contributed by atoms with Gasteiger partial charge in [0.1, 0.15) is 0 Å². The van der Waals surface area contributed by atoms with Crippen molar-refractivity contribution in [3.05, 3.63) is 47.3 Å². The van der Waals surface area contributed by atoms with Gasteiger partial charge in [0.25, 0.3) is 0 Å². The van der Waals surface area contributed by atoms with Gasteiger partial charge >= 0.3 is 12.4 Å². The van der Waals surface area contributed by atoms with E-state index in [0.717, 1.165) is 0 Å². The van der Waals surface area contributed by atoms with Crippen molar-refractivity contribution in [3.63, 3.8) is 0 Å². The van der Waals surface area contributed by atoms with Crippen LogP contribution in [0, 0.1) is 6.92 Å². The van der Waals surface area contributed by atoms with Crippen LogP contribution in [0.3, 0.4) is 0 Å². The Morgan fingerprint density at radius 3 is 2.12 bits per heavy atom. The van der Waals surface area contributed by atoms with Crippen molar-refractivity contribution in [1.29, 1.82) is 0 Å². The second-order valence-corrected chi connectivity index (χ2v) is 5.62. The summed E-state index contributed by atoms with van der Waals surface area (Å²) in [5.41, 5.74) is 6.46. The molecule has 9 heteroatoms. The predicted molar refractivity (Wildman–Crippen MR) is 79.4 cm³/mol. The maximum atomic E-state index is 12.5.